The van der Waals surface area contributed by atoms with Gasteiger partial charge in [-0.25, -0.2) is 0 Å². The molecule has 3 heteroatoms. The topological polar surface area (TPSA) is 12.9 Å². The van der Waals surface area contributed by atoms with Crippen LogP contribution in [-0.2, 0) is 17.1 Å². The summed E-state index contributed by atoms with van der Waals surface area (Å²) >= 11 is 1.54. The van der Waals surface area contributed by atoms with E-state index in [-0.39, 0.29) is 0 Å². The molecule has 1 nitrogen and oxygen atoms in total. The molecule has 0 saturated heterocycles. The summed E-state index contributed by atoms with van der Waals surface area (Å²) in [6.07, 6.45) is 23.1. The van der Waals surface area contributed by atoms with E-state index in [2.05, 4.69) is 6.92 Å². The van der Waals surface area contributed by atoms with Crippen LogP contribution in [0.4, 0.5) is 0 Å². The number of unbranched alkanes of at least 4 members (excludes halogenated alkanes) is 14. The molecule has 0 spiro atoms. The molecule has 144 valence electrons. The fourth-order valence-electron chi connectivity index (χ4n) is 3.66. The van der Waals surface area contributed by atoms with Crippen molar-refractivity contribution in [2.75, 3.05) is 0 Å². The van der Waals surface area contributed by atoms with Gasteiger partial charge in [0.05, 0.1) is 0 Å². The summed E-state index contributed by atoms with van der Waals surface area (Å²) < 4.78 is 3.34. The van der Waals surface area contributed by atoms with Gasteiger partial charge in [0.25, 0.3) is 0 Å². The van der Waals surface area contributed by atoms with Crippen LogP contribution in [0.1, 0.15) is 118 Å². The second-order valence-electron chi connectivity index (χ2n) is 7.67. The molecular weight excluding hydrogens is 436 g/mol. The summed E-state index contributed by atoms with van der Waals surface area (Å²) in [5.41, 5.74) is 1.52. The first-order valence-electron chi connectivity index (χ1n) is 11.0. The van der Waals surface area contributed by atoms with Gasteiger partial charge in [0.2, 0.25) is 0 Å². The van der Waals surface area contributed by atoms with Crippen LogP contribution in [0.15, 0.2) is 0 Å². The van der Waals surface area contributed by atoms with Crippen LogP contribution in [-0.4, -0.2) is 34.4 Å². The minimum atomic E-state index is 0.670. The van der Waals surface area contributed by atoms with Crippen molar-refractivity contribution in [1.29, 1.82) is 0 Å². The van der Waals surface area contributed by atoms with E-state index in [1.54, 1.807) is 9.01 Å². The molecule has 0 N–H and O–H groups in total. The summed E-state index contributed by atoms with van der Waals surface area (Å²) in [4.78, 5) is 4.89. The van der Waals surface area contributed by atoms with Crippen LogP contribution < -0.4 is 0 Å². The van der Waals surface area contributed by atoms with Gasteiger partial charge in [0.1, 0.15) is 0 Å². The monoisotopic (exact) mass is 477 g/mol. The van der Waals surface area contributed by atoms with E-state index in [0.29, 0.717) is 14.5 Å². The van der Waals surface area contributed by atoms with E-state index in [0.717, 1.165) is 15.0 Å². The fraction of sp³-hybridized carbons (Fsp3) is 0.864. The summed E-state index contributed by atoms with van der Waals surface area (Å²) in [7, 11) is 0. The molecule has 0 aliphatic carbocycles. The molecule has 1 aliphatic rings. The van der Waals surface area contributed by atoms with Gasteiger partial charge in [0.15, 0.2) is 0 Å². The predicted molar refractivity (Wildman–Crippen MR) is 113 cm³/mol. The molecule has 0 fully saturated rings. The Bertz CT molecular complexity index is 420. The number of rotatable bonds is 16. The second kappa shape index (κ2) is 14.5. The van der Waals surface area contributed by atoms with E-state index in [1.807, 2.05) is 0 Å². The zero-order chi connectivity index (χ0) is 17.6. The predicted octanol–water partition coefficient (Wildman–Crippen LogP) is 6.27. The Morgan fingerprint density at radius 1 is 0.680 bits per heavy atom. The van der Waals surface area contributed by atoms with Gasteiger partial charge >= 0.3 is 130 Å². The zero-order valence-corrected chi connectivity index (χ0v) is 19.9. The third-order valence-corrected chi connectivity index (χ3v) is 10.7. The van der Waals surface area contributed by atoms with Gasteiger partial charge in [-0.2, -0.15) is 0 Å². The second-order valence-corrected chi connectivity index (χ2v) is 12.2. The molecule has 0 unspecified atom stereocenters. The van der Waals surface area contributed by atoms with Crippen molar-refractivity contribution in [1.82, 2.24) is 4.98 Å². The number of aryl methyl sites for hydroxylation is 1. The van der Waals surface area contributed by atoms with Crippen molar-refractivity contribution in [3.8, 4) is 0 Å². The number of hydrogen-bond donors (Lipinski definition) is 0. The molecule has 0 radical (unpaired) electrons. The Balaban J connectivity index is 1.29. The number of nitrogens with zero attached hydrogens (tertiary/aromatic N) is 1. The zero-order valence-electron chi connectivity index (χ0n) is 16.5. The molecule has 0 amide bonds. The number of aromatic nitrogens is 1. The fourth-order valence-corrected chi connectivity index (χ4v) is 9.59. The summed E-state index contributed by atoms with van der Waals surface area (Å²) in [6.45, 7) is 2.30. The Hall–Kier alpha value is 0.449. The van der Waals surface area contributed by atoms with E-state index in [9.17, 15) is 0 Å². The van der Waals surface area contributed by atoms with Crippen LogP contribution in [0.25, 0.3) is 0 Å². The molecule has 0 aromatic carbocycles. The Morgan fingerprint density at radius 2 is 1.20 bits per heavy atom. The molecule has 25 heavy (non-hydrogen) atoms. The molecule has 2 heterocycles. The van der Waals surface area contributed by atoms with Crippen LogP contribution >= 0.6 is 0 Å². The van der Waals surface area contributed by atoms with Crippen molar-refractivity contribution in [3.63, 3.8) is 0 Å². The molecule has 0 bridgehead atoms. The summed E-state index contributed by atoms with van der Waals surface area (Å²) in [6, 6.07) is 0. The van der Waals surface area contributed by atoms with Crippen molar-refractivity contribution >= 4 is 29.5 Å². The minimum absolute atomic E-state index is 0.670. The summed E-state index contributed by atoms with van der Waals surface area (Å²) in [5.74, 6) is 0. The molecule has 0 saturated carbocycles. The average molecular weight is 475 g/mol. The van der Waals surface area contributed by atoms with E-state index in [1.165, 1.54) is 119 Å². The maximum absolute atomic E-state index is 4.89. The number of fused-ring (bicyclic) bond motifs is 1. The van der Waals surface area contributed by atoms with Crippen LogP contribution in [0.2, 0.25) is 0 Å². The Kier molecular flexibility index (Phi) is 12.6. The molecule has 1 aliphatic heterocycles. The Labute approximate surface area is 169 Å². The van der Waals surface area contributed by atoms with Crippen LogP contribution in [0.5, 0.6) is 0 Å². The van der Waals surface area contributed by atoms with E-state index in [4.69, 9.17) is 4.98 Å². The first-order chi connectivity index (χ1) is 12.4. The summed E-state index contributed by atoms with van der Waals surface area (Å²) in [5, 5.41) is 2.76. The van der Waals surface area contributed by atoms with E-state index < -0.39 is 0 Å². The third-order valence-electron chi connectivity index (χ3n) is 5.29. The van der Waals surface area contributed by atoms with Gasteiger partial charge in [0, 0.05) is 0 Å². The van der Waals surface area contributed by atoms with Crippen molar-refractivity contribution in [2.45, 2.75) is 120 Å². The number of hydrogen-bond acceptors (Lipinski definition) is 1. The van der Waals surface area contributed by atoms with Gasteiger partial charge in [-0.1, -0.05) is 39.0 Å². The molecule has 1 aromatic heterocycles. The van der Waals surface area contributed by atoms with Crippen molar-refractivity contribution < 1.29 is 0 Å². The van der Waals surface area contributed by atoms with Gasteiger partial charge in [-0.15, -0.1) is 0 Å². The first kappa shape index (κ1) is 21.7. The Morgan fingerprint density at radius 3 is 1.72 bits per heavy atom. The average Bonchev–Trinajstić information content (AvgIpc) is 3.20. The van der Waals surface area contributed by atoms with Gasteiger partial charge in [-0.3, -0.25) is 0 Å². The van der Waals surface area contributed by atoms with Crippen molar-refractivity contribution in [2.24, 2.45) is 0 Å². The van der Waals surface area contributed by atoms with E-state index >= 15 is 0 Å². The third kappa shape index (κ3) is 9.80. The van der Waals surface area contributed by atoms with Crippen LogP contribution in [0.3, 0.4) is 0 Å². The van der Waals surface area contributed by atoms with Crippen LogP contribution in [0, 0.1) is 0 Å². The van der Waals surface area contributed by atoms with Gasteiger partial charge in [-0.05, 0) is 0 Å². The normalized spacial score (nSPS) is 13.5. The molecule has 2 rings (SSSR count). The van der Waals surface area contributed by atoms with Gasteiger partial charge < -0.3 is 0 Å². The molecular formula is C22H39NSe2. The molecule has 1 aromatic rings. The van der Waals surface area contributed by atoms with Crippen molar-refractivity contribution in [3.05, 3.63) is 14.7 Å². The SMILES string of the molecule is CCCCCCCCCCCCCCCCCc1nc2c([se]1)C[Se]C2. The quantitative estimate of drug-likeness (QED) is 0.203. The first-order valence-corrected chi connectivity index (χ1v) is 15.1. The maximum atomic E-state index is 4.89. The molecule has 0 atom stereocenters. The standard InChI is InChI=1S/C22H39NSe2/c1-2-3-4-5-6-7-8-9-10-11-12-13-14-15-16-17-22-23-20-18-24-19-21(20)25-22/h2-19H2,1H3.